The van der Waals surface area contributed by atoms with E-state index in [0.29, 0.717) is 0 Å². The number of rotatable bonds is 1. The fraction of sp³-hybridized carbons (Fsp3) is 1.00. The van der Waals surface area contributed by atoms with Crippen molar-refractivity contribution in [3.8, 4) is 0 Å². The first-order chi connectivity index (χ1) is 9.72. The van der Waals surface area contributed by atoms with Gasteiger partial charge in [-0.1, -0.05) is 12.8 Å². The monoisotopic (exact) mass is 273 g/mol. The maximum atomic E-state index is 2.63. The van der Waals surface area contributed by atoms with Gasteiger partial charge in [-0.2, -0.15) is 0 Å². The third-order valence-corrected chi connectivity index (χ3v) is 8.66. The molecule has 0 bridgehead atoms. The Morgan fingerprint density at radius 1 is 0.850 bits per heavy atom. The molecule has 5 rings (SSSR count). The molecule has 0 aromatic rings. The molecule has 5 aliphatic carbocycles. The van der Waals surface area contributed by atoms with E-state index in [0.717, 1.165) is 47.0 Å². The van der Waals surface area contributed by atoms with E-state index in [1.54, 1.807) is 57.8 Å². The molecule has 8 unspecified atom stereocenters. The van der Waals surface area contributed by atoms with Gasteiger partial charge >= 0.3 is 0 Å². The standard InChI is InChI=1S/C19H31N/c1-20(2)18-10-16-14-5-3-4-12(14)6-8-15(16)17-9-7-13-11-19(13,17)18/h12-18H,3-11H2,1-2H3. The van der Waals surface area contributed by atoms with Gasteiger partial charge in [-0.3, -0.25) is 0 Å². The highest BCUT2D eigenvalue weighted by Crippen LogP contribution is 2.76. The highest BCUT2D eigenvalue weighted by molar-refractivity contribution is 5.21. The van der Waals surface area contributed by atoms with E-state index >= 15 is 0 Å². The van der Waals surface area contributed by atoms with Crippen molar-refractivity contribution >= 4 is 0 Å². The molecule has 0 aliphatic heterocycles. The summed E-state index contributed by atoms with van der Waals surface area (Å²) in [7, 11) is 4.75. The van der Waals surface area contributed by atoms with Crippen molar-refractivity contribution in [1.82, 2.24) is 4.90 Å². The van der Waals surface area contributed by atoms with Gasteiger partial charge in [0, 0.05) is 6.04 Å². The number of hydrogen-bond donors (Lipinski definition) is 0. The minimum atomic E-state index is 0.802. The van der Waals surface area contributed by atoms with Crippen LogP contribution in [0, 0.1) is 40.9 Å². The van der Waals surface area contributed by atoms with E-state index in [2.05, 4.69) is 19.0 Å². The van der Waals surface area contributed by atoms with E-state index in [9.17, 15) is 0 Å². The summed E-state index contributed by atoms with van der Waals surface area (Å²) in [6, 6.07) is 0.931. The second-order valence-corrected chi connectivity index (χ2v) is 9.17. The van der Waals surface area contributed by atoms with Crippen LogP contribution in [-0.2, 0) is 0 Å². The van der Waals surface area contributed by atoms with E-state index in [-0.39, 0.29) is 0 Å². The normalized spacial score (nSPS) is 59.9. The molecule has 1 nitrogen and oxygen atoms in total. The van der Waals surface area contributed by atoms with E-state index in [1.165, 1.54) is 0 Å². The molecule has 1 spiro atoms. The van der Waals surface area contributed by atoms with Crippen molar-refractivity contribution in [2.75, 3.05) is 14.1 Å². The third-order valence-electron chi connectivity index (χ3n) is 8.66. The summed E-state index contributed by atoms with van der Waals surface area (Å²) in [5.41, 5.74) is 0.802. The van der Waals surface area contributed by atoms with Crippen LogP contribution in [0.4, 0.5) is 0 Å². The van der Waals surface area contributed by atoms with Crippen molar-refractivity contribution in [2.45, 2.75) is 63.8 Å². The largest absolute Gasteiger partial charge is 0.306 e. The van der Waals surface area contributed by atoms with Crippen LogP contribution in [0.5, 0.6) is 0 Å². The van der Waals surface area contributed by atoms with Crippen molar-refractivity contribution in [3.63, 3.8) is 0 Å². The first-order valence-electron chi connectivity index (χ1n) is 9.38. The molecule has 112 valence electrons. The van der Waals surface area contributed by atoms with Crippen LogP contribution in [0.3, 0.4) is 0 Å². The molecule has 5 fully saturated rings. The van der Waals surface area contributed by atoms with E-state index in [1.807, 2.05) is 0 Å². The van der Waals surface area contributed by atoms with Gasteiger partial charge in [-0.15, -0.1) is 0 Å². The molecule has 0 aromatic carbocycles. The minimum Gasteiger partial charge on any atom is -0.306 e. The van der Waals surface area contributed by atoms with Crippen LogP contribution in [0.2, 0.25) is 0 Å². The first-order valence-corrected chi connectivity index (χ1v) is 9.38. The Hall–Kier alpha value is -0.0400. The summed E-state index contributed by atoms with van der Waals surface area (Å²) < 4.78 is 0. The Morgan fingerprint density at radius 2 is 1.75 bits per heavy atom. The Balaban J connectivity index is 1.51. The molecule has 0 radical (unpaired) electrons. The van der Waals surface area contributed by atoms with Crippen LogP contribution in [-0.4, -0.2) is 25.0 Å². The van der Waals surface area contributed by atoms with Crippen LogP contribution in [0.1, 0.15) is 57.8 Å². The van der Waals surface area contributed by atoms with Gasteiger partial charge in [0.15, 0.2) is 0 Å². The summed E-state index contributed by atoms with van der Waals surface area (Å²) in [6.45, 7) is 0. The van der Waals surface area contributed by atoms with E-state index < -0.39 is 0 Å². The smallest absolute Gasteiger partial charge is 0.0154 e. The molecular weight excluding hydrogens is 242 g/mol. The topological polar surface area (TPSA) is 3.24 Å². The molecule has 5 aliphatic rings. The Labute approximate surface area is 124 Å². The quantitative estimate of drug-likeness (QED) is 0.693. The van der Waals surface area contributed by atoms with Crippen LogP contribution in [0.25, 0.3) is 0 Å². The predicted octanol–water partition coefficient (Wildman–Crippen LogP) is 4.18. The Morgan fingerprint density at radius 3 is 2.55 bits per heavy atom. The molecule has 5 saturated carbocycles. The summed E-state index contributed by atoms with van der Waals surface area (Å²) >= 11 is 0. The molecule has 20 heavy (non-hydrogen) atoms. The summed E-state index contributed by atoms with van der Waals surface area (Å²) in [6.07, 6.45) is 14.2. The van der Waals surface area contributed by atoms with Crippen LogP contribution in [0.15, 0.2) is 0 Å². The zero-order valence-corrected chi connectivity index (χ0v) is 13.4. The lowest BCUT2D eigenvalue weighted by atomic mass is 9.54. The lowest BCUT2D eigenvalue weighted by molar-refractivity contribution is -0.0503. The van der Waals surface area contributed by atoms with Gasteiger partial charge in [0.1, 0.15) is 0 Å². The van der Waals surface area contributed by atoms with Gasteiger partial charge < -0.3 is 4.90 Å². The third kappa shape index (κ3) is 1.39. The fourth-order valence-corrected chi connectivity index (χ4v) is 8.05. The Kier molecular flexibility index (Phi) is 2.52. The van der Waals surface area contributed by atoms with E-state index in [4.69, 9.17) is 0 Å². The highest BCUT2D eigenvalue weighted by Gasteiger charge is 2.71. The van der Waals surface area contributed by atoms with Gasteiger partial charge in [-0.25, -0.2) is 0 Å². The van der Waals surface area contributed by atoms with Gasteiger partial charge in [0.05, 0.1) is 0 Å². The SMILES string of the molecule is CN(C)C1CC2C3CCCC3CCC2C2CCC3CC321. The molecule has 8 atom stereocenters. The zero-order chi connectivity index (χ0) is 13.5. The number of fused-ring (bicyclic) bond motifs is 4. The van der Waals surface area contributed by atoms with Gasteiger partial charge in [0.25, 0.3) is 0 Å². The molecule has 0 heterocycles. The zero-order valence-electron chi connectivity index (χ0n) is 13.4. The van der Waals surface area contributed by atoms with Gasteiger partial charge in [0.2, 0.25) is 0 Å². The fourth-order valence-electron chi connectivity index (χ4n) is 8.05. The van der Waals surface area contributed by atoms with Crippen LogP contribution < -0.4 is 0 Å². The number of hydrogen-bond acceptors (Lipinski definition) is 1. The highest BCUT2D eigenvalue weighted by atomic mass is 15.1. The van der Waals surface area contributed by atoms with Crippen molar-refractivity contribution < 1.29 is 0 Å². The summed E-state index contributed by atoms with van der Waals surface area (Å²) in [4.78, 5) is 2.63. The second kappa shape index (κ2) is 4.03. The molecule has 0 aromatic heterocycles. The van der Waals surface area contributed by atoms with Crippen molar-refractivity contribution in [1.29, 1.82) is 0 Å². The molecule has 0 saturated heterocycles. The first kappa shape index (κ1) is 12.5. The maximum Gasteiger partial charge on any atom is 0.0154 e. The molecule has 0 amide bonds. The lowest BCUT2D eigenvalue weighted by Gasteiger charge is -2.54. The van der Waals surface area contributed by atoms with Gasteiger partial charge in [-0.05, 0) is 100.0 Å². The minimum absolute atomic E-state index is 0.802. The average molecular weight is 273 g/mol. The number of nitrogens with zero attached hydrogens (tertiary/aromatic N) is 1. The average Bonchev–Trinajstić information content (AvgIpc) is 2.85. The maximum absolute atomic E-state index is 2.63. The predicted molar refractivity (Wildman–Crippen MR) is 82.4 cm³/mol. The summed E-state index contributed by atoms with van der Waals surface area (Å²) in [5.74, 6) is 6.76. The summed E-state index contributed by atoms with van der Waals surface area (Å²) in [5, 5.41) is 0. The second-order valence-electron chi connectivity index (χ2n) is 9.17. The van der Waals surface area contributed by atoms with Crippen molar-refractivity contribution in [2.24, 2.45) is 40.9 Å². The van der Waals surface area contributed by atoms with Crippen molar-refractivity contribution in [3.05, 3.63) is 0 Å². The lowest BCUT2D eigenvalue weighted by Crippen LogP contribution is -2.53. The molecule has 1 heteroatoms. The molecule has 0 N–H and O–H groups in total. The molecular formula is C19H31N. The Bertz CT molecular complexity index is 416. The van der Waals surface area contributed by atoms with Crippen LogP contribution >= 0.6 is 0 Å².